The minimum Gasteiger partial charge on any atom is -0.507 e. The third kappa shape index (κ3) is 4.50. The zero-order chi connectivity index (χ0) is 23.4. The van der Waals surface area contributed by atoms with Crippen LogP contribution in [0.5, 0.6) is 11.5 Å². The van der Waals surface area contributed by atoms with E-state index >= 15 is 0 Å². The third-order valence-electron chi connectivity index (χ3n) is 5.20. The summed E-state index contributed by atoms with van der Waals surface area (Å²) < 4.78 is 15.5. The van der Waals surface area contributed by atoms with Crippen molar-refractivity contribution < 1.29 is 33.7 Å². The van der Waals surface area contributed by atoms with Crippen LogP contribution in [0.15, 0.2) is 48.0 Å². The lowest BCUT2D eigenvalue weighted by Gasteiger charge is -2.25. The van der Waals surface area contributed by atoms with Crippen molar-refractivity contribution >= 4 is 23.4 Å². The molecule has 1 unspecified atom stereocenters. The van der Waals surface area contributed by atoms with Gasteiger partial charge >= 0.3 is 5.97 Å². The largest absolute Gasteiger partial charge is 0.507 e. The van der Waals surface area contributed by atoms with E-state index in [0.717, 1.165) is 0 Å². The normalized spacial score (nSPS) is 17.5. The Morgan fingerprint density at radius 1 is 1.09 bits per heavy atom. The smallest absolute Gasteiger partial charge is 0.308 e. The number of likely N-dealkylation sites (tertiary alicyclic amines) is 1. The van der Waals surface area contributed by atoms with Crippen molar-refractivity contribution in [1.29, 1.82) is 0 Å². The van der Waals surface area contributed by atoms with E-state index in [2.05, 4.69) is 0 Å². The van der Waals surface area contributed by atoms with Crippen molar-refractivity contribution in [2.24, 2.45) is 0 Å². The summed E-state index contributed by atoms with van der Waals surface area (Å²) in [5.74, 6) is -1.44. The lowest BCUT2D eigenvalue weighted by molar-refractivity contribution is -0.140. The maximum Gasteiger partial charge on any atom is 0.308 e. The first kappa shape index (κ1) is 23.0. The molecule has 0 aromatic heterocycles. The van der Waals surface area contributed by atoms with Gasteiger partial charge in [-0.2, -0.15) is 0 Å². The number of hydrogen-bond acceptors (Lipinski definition) is 7. The molecule has 1 amide bonds. The lowest BCUT2D eigenvalue weighted by Crippen LogP contribution is -2.32. The number of Topliss-reactive ketones (excluding diaryl/α,β-unsaturated/α-hetero) is 1. The van der Waals surface area contributed by atoms with E-state index in [9.17, 15) is 19.5 Å². The van der Waals surface area contributed by atoms with Crippen molar-refractivity contribution in [3.63, 3.8) is 0 Å². The number of aliphatic hydroxyl groups excluding tert-OH is 1. The zero-order valence-electron chi connectivity index (χ0n) is 18.4. The van der Waals surface area contributed by atoms with Gasteiger partial charge in [0.15, 0.2) is 0 Å². The molecule has 0 spiro atoms. The summed E-state index contributed by atoms with van der Waals surface area (Å²) in [4.78, 5) is 38.6. The molecule has 1 aliphatic heterocycles. The highest BCUT2D eigenvalue weighted by atomic mass is 16.5. The molecular weight excluding hydrogens is 414 g/mol. The fraction of sp³-hybridized carbons (Fsp3) is 0.292. The number of esters is 1. The number of nitrogens with zero attached hydrogens (tertiary/aromatic N) is 1. The van der Waals surface area contributed by atoms with Gasteiger partial charge in [0.1, 0.15) is 17.3 Å². The van der Waals surface area contributed by atoms with E-state index in [-0.39, 0.29) is 30.2 Å². The van der Waals surface area contributed by atoms with E-state index in [4.69, 9.17) is 14.2 Å². The highest BCUT2D eigenvalue weighted by Crippen LogP contribution is 2.40. The Balaban J connectivity index is 2.18. The van der Waals surface area contributed by atoms with Crippen molar-refractivity contribution in [3.05, 3.63) is 64.7 Å². The lowest BCUT2D eigenvalue weighted by atomic mass is 9.93. The molecule has 1 saturated heterocycles. The Morgan fingerprint density at radius 3 is 2.47 bits per heavy atom. The fourth-order valence-corrected chi connectivity index (χ4v) is 3.73. The first-order chi connectivity index (χ1) is 15.3. The summed E-state index contributed by atoms with van der Waals surface area (Å²) in [5, 5.41) is 11.2. The Morgan fingerprint density at radius 2 is 1.84 bits per heavy atom. The number of rotatable bonds is 7. The van der Waals surface area contributed by atoms with Gasteiger partial charge in [0, 0.05) is 26.1 Å². The molecule has 0 bridgehead atoms. The molecule has 0 radical (unpaired) electrons. The Hall–Kier alpha value is -3.65. The molecule has 8 nitrogen and oxygen atoms in total. The van der Waals surface area contributed by atoms with Crippen LogP contribution in [0.1, 0.15) is 29.7 Å². The third-order valence-corrected chi connectivity index (χ3v) is 5.20. The standard InChI is InChI=1S/C24H25NO7/c1-14-12-17(31-4)8-9-19(14)22(27)20-21(25(10-11-30-3)24(29)23(20)28)16-6-5-7-18(13-16)32-15(2)26/h5-9,12-13,21,27H,10-11H2,1-4H3/b22-20+. The second kappa shape index (κ2) is 9.65. The van der Waals surface area contributed by atoms with Crippen LogP contribution in [0, 0.1) is 6.92 Å². The second-order valence-electron chi connectivity index (χ2n) is 7.33. The van der Waals surface area contributed by atoms with Crippen LogP contribution in [-0.2, 0) is 19.1 Å². The average molecular weight is 439 g/mol. The number of aryl methyl sites for hydroxylation is 1. The highest BCUT2D eigenvalue weighted by Gasteiger charge is 2.46. The molecule has 1 fully saturated rings. The predicted octanol–water partition coefficient (Wildman–Crippen LogP) is 3.00. The van der Waals surface area contributed by atoms with Gasteiger partial charge in [-0.3, -0.25) is 14.4 Å². The number of amides is 1. The van der Waals surface area contributed by atoms with Crippen LogP contribution in [0.4, 0.5) is 0 Å². The number of hydrogen-bond donors (Lipinski definition) is 1. The summed E-state index contributed by atoms with van der Waals surface area (Å²) in [6.07, 6.45) is 0. The average Bonchev–Trinajstić information content (AvgIpc) is 3.01. The van der Waals surface area contributed by atoms with E-state index in [1.807, 2.05) is 0 Å². The number of ketones is 1. The van der Waals surface area contributed by atoms with Gasteiger partial charge in [-0.15, -0.1) is 0 Å². The first-order valence-electron chi connectivity index (χ1n) is 9.99. The minimum atomic E-state index is -0.873. The number of aliphatic hydroxyl groups is 1. The quantitative estimate of drug-likeness (QED) is 0.233. The van der Waals surface area contributed by atoms with Gasteiger partial charge in [0.05, 0.1) is 25.3 Å². The molecule has 0 aliphatic carbocycles. The summed E-state index contributed by atoms with van der Waals surface area (Å²) in [5.41, 5.74) is 1.57. The molecule has 2 aromatic rings. The highest BCUT2D eigenvalue weighted by molar-refractivity contribution is 6.46. The van der Waals surface area contributed by atoms with Gasteiger partial charge in [-0.25, -0.2) is 0 Å². The van der Waals surface area contributed by atoms with Crippen LogP contribution < -0.4 is 9.47 Å². The number of methoxy groups -OCH3 is 2. The molecule has 168 valence electrons. The van der Waals surface area contributed by atoms with E-state index in [1.165, 1.54) is 26.0 Å². The summed E-state index contributed by atoms with van der Waals surface area (Å²) >= 11 is 0. The second-order valence-corrected chi connectivity index (χ2v) is 7.33. The summed E-state index contributed by atoms with van der Waals surface area (Å²) in [6.45, 7) is 3.40. The maximum atomic E-state index is 13.0. The summed E-state index contributed by atoms with van der Waals surface area (Å²) in [7, 11) is 3.03. The number of carbonyl (C=O) groups excluding carboxylic acids is 3. The monoisotopic (exact) mass is 439 g/mol. The molecule has 0 saturated carbocycles. The van der Waals surface area contributed by atoms with Gasteiger partial charge in [-0.1, -0.05) is 12.1 Å². The number of ether oxygens (including phenoxy) is 3. The molecule has 8 heteroatoms. The van der Waals surface area contributed by atoms with Crippen molar-refractivity contribution in [3.8, 4) is 11.5 Å². The Kier molecular flexibility index (Phi) is 6.95. The molecule has 32 heavy (non-hydrogen) atoms. The van der Waals surface area contributed by atoms with Crippen molar-refractivity contribution in [2.75, 3.05) is 27.4 Å². The fourth-order valence-electron chi connectivity index (χ4n) is 3.73. The van der Waals surface area contributed by atoms with E-state index < -0.39 is 23.7 Å². The maximum absolute atomic E-state index is 13.0. The SMILES string of the molecule is COCCN1C(=O)C(=O)/C(=C(/O)c2ccc(OC)cc2C)C1c1cccc(OC(C)=O)c1. The van der Waals surface area contributed by atoms with Crippen LogP contribution in [0.2, 0.25) is 0 Å². The van der Waals surface area contributed by atoms with Crippen LogP contribution in [-0.4, -0.2) is 55.0 Å². The zero-order valence-corrected chi connectivity index (χ0v) is 18.4. The summed E-state index contributed by atoms with van der Waals surface area (Å²) in [6, 6.07) is 10.7. The van der Waals surface area contributed by atoms with Gasteiger partial charge in [0.25, 0.3) is 11.7 Å². The molecule has 1 N–H and O–H groups in total. The minimum absolute atomic E-state index is 0.0423. The molecule has 1 aliphatic rings. The first-order valence-corrected chi connectivity index (χ1v) is 9.99. The molecule has 2 aromatic carbocycles. The Labute approximate surface area is 186 Å². The molecule has 1 heterocycles. The van der Waals surface area contributed by atoms with Crippen molar-refractivity contribution in [1.82, 2.24) is 4.90 Å². The van der Waals surface area contributed by atoms with E-state index in [0.29, 0.717) is 22.4 Å². The van der Waals surface area contributed by atoms with Crippen LogP contribution in [0.25, 0.3) is 5.76 Å². The molecule has 3 rings (SSSR count). The number of carbonyl (C=O) groups is 3. The van der Waals surface area contributed by atoms with Crippen LogP contribution in [0.3, 0.4) is 0 Å². The molecular formula is C24H25NO7. The Bertz CT molecular complexity index is 1090. The predicted molar refractivity (Wildman–Crippen MR) is 116 cm³/mol. The van der Waals surface area contributed by atoms with E-state index in [1.54, 1.807) is 49.4 Å². The molecule has 1 atom stereocenters. The van der Waals surface area contributed by atoms with Gasteiger partial charge < -0.3 is 24.2 Å². The topological polar surface area (TPSA) is 102 Å². The van der Waals surface area contributed by atoms with Gasteiger partial charge in [0.2, 0.25) is 0 Å². The van der Waals surface area contributed by atoms with Crippen LogP contribution >= 0.6 is 0 Å². The van der Waals surface area contributed by atoms with Crippen molar-refractivity contribution in [2.45, 2.75) is 19.9 Å². The van der Waals surface area contributed by atoms with Gasteiger partial charge in [-0.05, 0) is 48.4 Å². The number of benzene rings is 2.